The lowest BCUT2D eigenvalue weighted by atomic mass is 10.0. The van der Waals surface area contributed by atoms with Crippen LogP contribution in [0, 0.1) is 5.92 Å². The van der Waals surface area contributed by atoms with Crippen LogP contribution < -0.4 is 0 Å². The minimum atomic E-state index is -0.703. The minimum Gasteiger partial charge on any atom is -0.481 e. The van der Waals surface area contributed by atoms with Crippen LogP contribution in [0.2, 0.25) is 5.02 Å². The summed E-state index contributed by atoms with van der Waals surface area (Å²) >= 11 is 9.58. The van der Waals surface area contributed by atoms with Gasteiger partial charge in [0.25, 0.3) is 0 Å². The maximum absolute atomic E-state index is 11.1. The summed E-state index contributed by atoms with van der Waals surface area (Å²) in [5.74, 6) is -0.971. The van der Waals surface area contributed by atoms with Crippen LogP contribution in [-0.2, 0) is 11.3 Å². The number of carboxylic acid groups (broad SMARTS) is 1. The van der Waals surface area contributed by atoms with Gasteiger partial charge in [0.2, 0.25) is 0 Å². The summed E-state index contributed by atoms with van der Waals surface area (Å²) in [6, 6.07) is 5.80. The number of hydrogen-bond donors (Lipinski definition) is 1. The molecular weight excluding hydrogens is 318 g/mol. The largest absolute Gasteiger partial charge is 0.481 e. The van der Waals surface area contributed by atoms with E-state index in [2.05, 4.69) is 20.8 Å². The van der Waals surface area contributed by atoms with Crippen LogP contribution in [0.4, 0.5) is 0 Å². The van der Waals surface area contributed by atoms with E-state index in [0.717, 1.165) is 21.6 Å². The van der Waals surface area contributed by atoms with Gasteiger partial charge in [-0.15, -0.1) is 0 Å². The first-order valence-corrected chi connectivity index (χ1v) is 7.07. The summed E-state index contributed by atoms with van der Waals surface area (Å²) in [5, 5.41) is 9.83. The molecule has 0 aromatic heterocycles. The van der Waals surface area contributed by atoms with Crippen LogP contribution >= 0.6 is 27.5 Å². The molecule has 18 heavy (non-hydrogen) atoms. The van der Waals surface area contributed by atoms with E-state index >= 15 is 0 Å². The molecule has 2 rings (SSSR count). The van der Waals surface area contributed by atoms with Crippen molar-refractivity contribution in [3.63, 3.8) is 0 Å². The Morgan fingerprint density at radius 3 is 2.94 bits per heavy atom. The second kappa shape index (κ2) is 5.59. The van der Waals surface area contributed by atoms with Gasteiger partial charge in [0.05, 0.1) is 5.92 Å². The fourth-order valence-corrected chi connectivity index (χ4v) is 3.03. The van der Waals surface area contributed by atoms with E-state index in [1.165, 1.54) is 0 Å². The van der Waals surface area contributed by atoms with Crippen LogP contribution in [0.1, 0.15) is 18.9 Å². The van der Waals surface area contributed by atoms with Crippen molar-refractivity contribution in [1.29, 1.82) is 0 Å². The van der Waals surface area contributed by atoms with Gasteiger partial charge >= 0.3 is 5.97 Å². The maximum atomic E-state index is 11.1. The smallest absolute Gasteiger partial charge is 0.308 e. The van der Waals surface area contributed by atoms with Gasteiger partial charge in [-0.2, -0.15) is 0 Å². The van der Waals surface area contributed by atoms with Crippen molar-refractivity contribution in [1.82, 2.24) is 4.90 Å². The standard InChI is InChI=1S/C13H15BrClNO2/c1-8-11(13(17)18)4-5-16(8)7-9-6-10(14)2-3-12(9)15/h2-3,6,8,11H,4-5,7H2,1H3,(H,17,18). The highest BCUT2D eigenvalue weighted by Gasteiger charge is 2.35. The van der Waals surface area contributed by atoms with Crippen LogP contribution in [0.5, 0.6) is 0 Å². The monoisotopic (exact) mass is 331 g/mol. The highest BCUT2D eigenvalue weighted by atomic mass is 79.9. The van der Waals surface area contributed by atoms with E-state index in [4.69, 9.17) is 16.7 Å². The Hall–Kier alpha value is -0.580. The molecule has 0 radical (unpaired) electrons. The van der Waals surface area contributed by atoms with Gasteiger partial charge in [0.1, 0.15) is 0 Å². The topological polar surface area (TPSA) is 40.5 Å². The first kappa shape index (κ1) is 13.8. The molecule has 1 fully saturated rings. The first-order valence-electron chi connectivity index (χ1n) is 5.90. The molecule has 2 unspecified atom stereocenters. The van der Waals surface area contributed by atoms with Crippen LogP contribution in [0.15, 0.2) is 22.7 Å². The maximum Gasteiger partial charge on any atom is 0.308 e. The quantitative estimate of drug-likeness (QED) is 0.922. The molecule has 0 spiro atoms. The number of carboxylic acids is 1. The molecule has 0 bridgehead atoms. The molecule has 0 saturated carbocycles. The lowest BCUT2D eigenvalue weighted by Gasteiger charge is -2.23. The van der Waals surface area contributed by atoms with Gasteiger partial charge in [-0.3, -0.25) is 9.69 Å². The molecule has 2 atom stereocenters. The van der Waals surface area contributed by atoms with Gasteiger partial charge in [-0.1, -0.05) is 27.5 Å². The highest BCUT2D eigenvalue weighted by molar-refractivity contribution is 9.10. The first-order chi connectivity index (χ1) is 8.49. The van der Waals surface area contributed by atoms with Gasteiger partial charge < -0.3 is 5.11 Å². The Kier molecular flexibility index (Phi) is 4.30. The Morgan fingerprint density at radius 1 is 1.61 bits per heavy atom. The van der Waals surface area contributed by atoms with Crippen molar-refractivity contribution < 1.29 is 9.90 Å². The van der Waals surface area contributed by atoms with Gasteiger partial charge in [-0.25, -0.2) is 0 Å². The third-order valence-corrected chi connectivity index (χ3v) is 4.45. The molecule has 1 aromatic carbocycles. The zero-order chi connectivity index (χ0) is 13.3. The predicted octanol–water partition coefficient (Wildman–Crippen LogP) is 3.40. The number of carbonyl (C=O) groups is 1. The Morgan fingerprint density at radius 2 is 2.33 bits per heavy atom. The summed E-state index contributed by atoms with van der Waals surface area (Å²) in [6.45, 7) is 3.47. The molecule has 5 heteroatoms. The fraction of sp³-hybridized carbons (Fsp3) is 0.462. The number of aliphatic carboxylic acids is 1. The number of hydrogen-bond acceptors (Lipinski definition) is 2. The zero-order valence-corrected chi connectivity index (χ0v) is 12.4. The fourth-order valence-electron chi connectivity index (χ4n) is 2.44. The molecule has 3 nitrogen and oxygen atoms in total. The zero-order valence-electron chi connectivity index (χ0n) is 10.1. The number of halogens is 2. The molecule has 1 aromatic rings. The van der Waals surface area contributed by atoms with Crippen molar-refractivity contribution in [2.45, 2.75) is 25.9 Å². The Balaban J connectivity index is 2.11. The highest BCUT2D eigenvalue weighted by Crippen LogP contribution is 2.29. The van der Waals surface area contributed by atoms with Gasteiger partial charge in [0, 0.05) is 22.1 Å². The lowest BCUT2D eigenvalue weighted by molar-refractivity contribution is -0.142. The second-order valence-electron chi connectivity index (χ2n) is 4.68. The summed E-state index contributed by atoms with van der Waals surface area (Å²) in [7, 11) is 0. The summed E-state index contributed by atoms with van der Waals surface area (Å²) in [4.78, 5) is 13.2. The molecule has 1 saturated heterocycles. The average Bonchev–Trinajstić information content (AvgIpc) is 2.66. The number of nitrogens with zero attached hydrogens (tertiary/aromatic N) is 1. The van der Waals surface area contributed by atoms with E-state index in [9.17, 15) is 4.79 Å². The normalized spacial score (nSPS) is 24.4. The molecule has 1 heterocycles. The SMILES string of the molecule is CC1C(C(=O)O)CCN1Cc1cc(Br)ccc1Cl. The van der Waals surface area contributed by atoms with Crippen molar-refractivity contribution in [3.8, 4) is 0 Å². The van der Waals surface area contributed by atoms with E-state index in [1.54, 1.807) is 0 Å². The van der Waals surface area contributed by atoms with Crippen LogP contribution in [-0.4, -0.2) is 28.6 Å². The van der Waals surface area contributed by atoms with E-state index < -0.39 is 5.97 Å². The van der Waals surface area contributed by atoms with Crippen LogP contribution in [0.25, 0.3) is 0 Å². The van der Waals surface area contributed by atoms with Crippen molar-refractivity contribution in [3.05, 3.63) is 33.3 Å². The number of benzene rings is 1. The van der Waals surface area contributed by atoms with Gasteiger partial charge in [0.15, 0.2) is 0 Å². The molecular formula is C13H15BrClNO2. The average molecular weight is 333 g/mol. The third kappa shape index (κ3) is 2.87. The van der Waals surface area contributed by atoms with E-state index in [-0.39, 0.29) is 12.0 Å². The molecule has 1 N–H and O–H groups in total. The van der Waals surface area contributed by atoms with E-state index in [1.807, 2.05) is 25.1 Å². The van der Waals surface area contributed by atoms with E-state index in [0.29, 0.717) is 13.0 Å². The number of rotatable bonds is 3. The molecule has 0 amide bonds. The van der Waals surface area contributed by atoms with Crippen molar-refractivity contribution in [2.75, 3.05) is 6.54 Å². The molecule has 0 aliphatic carbocycles. The van der Waals surface area contributed by atoms with Crippen molar-refractivity contribution >= 4 is 33.5 Å². The Bertz CT molecular complexity index is 466. The molecule has 1 aliphatic rings. The molecule has 1 aliphatic heterocycles. The van der Waals surface area contributed by atoms with Crippen molar-refractivity contribution in [2.24, 2.45) is 5.92 Å². The Labute approximate surface area is 120 Å². The summed E-state index contributed by atoms with van der Waals surface area (Å²) in [6.07, 6.45) is 0.710. The third-order valence-electron chi connectivity index (χ3n) is 3.58. The predicted molar refractivity (Wildman–Crippen MR) is 74.8 cm³/mol. The summed E-state index contributed by atoms with van der Waals surface area (Å²) in [5.41, 5.74) is 1.03. The second-order valence-corrected chi connectivity index (χ2v) is 6.00. The lowest BCUT2D eigenvalue weighted by Crippen LogP contribution is -2.32. The number of likely N-dealkylation sites (tertiary alicyclic amines) is 1. The van der Waals surface area contributed by atoms with Gasteiger partial charge in [-0.05, 0) is 43.7 Å². The van der Waals surface area contributed by atoms with Crippen LogP contribution in [0.3, 0.4) is 0 Å². The minimum absolute atomic E-state index is 0.0533. The molecule has 98 valence electrons. The summed E-state index contributed by atoms with van der Waals surface area (Å²) < 4.78 is 0.989.